The van der Waals surface area contributed by atoms with Crippen LogP contribution in [0.4, 0.5) is 0 Å². The normalized spacial score (nSPS) is 12.7. The van der Waals surface area contributed by atoms with Crippen molar-refractivity contribution in [3.05, 3.63) is 67.7 Å². The van der Waals surface area contributed by atoms with Crippen LogP contribution >= 0.6 is 34.2 Å². The molecule has 2 aromatic carbocycles. The highest BCUT2D eigenvalue weighted by Gasteiger charge is 2.13. The Morgan fingerprint density at radius 1 is 1.10 bits per heavy atom. The number of benzene rings is 2. The van der Waals surface area contributed by atoms with E-state index >= 15 is 0 Å². The van der Waals surface area contributed by atoms with E-state index in [1.165, 1.54) is 5.56 Å². The maximum Gasteiger partial charge on any atom is 0.0562 e. The molecule has 0 fully saturated rings. The predicted octanol–water partition coefficient (Wildman–Crippen LogP) is 5.19. The molecule has 0 aliphatic carbocycles. The second-order valence-corrected chi connectivity index (χ2v) is 7.08. The highest BCUT2D eigenvalue weighted by Crippen LogP contribution is 2.27. The monoisotopic (exact) mass is 399 g/mol. The Bertz CT molecular complexity index is 578. The molecule has 3 heteroatoms. The Hall–Kier alpha value is -0.580. The number of nitrogens with two attached hydrogens (primary N) is 1. The van der Waals surface area contributed by atoms with Crippen LogP contribution in [0.2, 0.25) is 5.02 Å². The molecule has 2 rings (SSSR count). The summed E-state index contributed by atoms with van der Waals surface area (Å²) in [6, 6.07) is 14.3. The van der Waals surface area contributed by atoms with Crippen LogP contribution < -0.4 is 5.73 Å². The van der Waals surface area contributed by atoms with E-state index in [4.69, 9.17) is 17.3 Å². The van der Waals surface area contributed by atoms with Crippen molar-refractivity contribution in [3.63, 3.8) is 0 Å². The third-order valence-electron chi connectivity index (χ3n) is 3.28. The van der Waals surface area contributed by atoms with Gasteiger partial charge in [0.05, 0.1) is 6.04 Å². The third kappa shape index (κ3) is 3.96. The molecule has 0 radical (unpaired) electrons. The molecule has 0 aromatic heterocycles. The summed E-state index contributed by atoms with van der Waals surface area (Å²) in [5.74, 6) is 0.670. The summed E-state index contributed by atoms with van der Waals surface area (Å²) in [5, 5.41) is 0.729. The SMILES string of the molecule is CC(C)Cc1ccc(C(N)c2cc(Cl)ccc2I)cc1. The summed E-state index contributed by atoms with van der Waals surface area (Å²) in [6.07, 6.45) is 1.10. The number of rotatable bonds is 4. The van der Waals surface area contributed by atoms with Crippen LogP contribution in [-0.4, -0.2) is 0 Å². The topological polar surface area (TPSA) is 26.0 Å². The van der Waals surface area contributed by atoms with Gasteiger partial charge in [0.15, 0.2) is 0 Å². The van der Waals surface area contributed by atoms with E-state index in [2.05, 4.69) is 60.7 Å². The molecule has 106 valence electrons. The van der Waals surface area contributed by atoms with Gasteiger partial charge in [0.1, 0.15) is 0 Å². The van der Waals surface area contributed by atoms with Gasteiger partial charge < -0.3 is 5.73 Å². The van der Waals surface area contributed by atoms with Gasteiger partial charge in [0.2, 0.25) is 0 Å². The van der Waals surface area contributed by atoms with Crippen molar-refractivity contribution in [3.8, 4) is 0 Å². The van der Waals surface area contributed by atoms with Crippen LogP contribution in [0.15, 0.2) is 42.5 Å². The minimum Gasteiger partial charge on any atom is -0.320 e. The van der Waals surface area contributed by atoms with Crippen molar-refractivity contribution < 1.29 is 0 Å². The van der Waals surface area contributed by atoms with Crippen molar-refractivity contribution in [2.24, 2.45) is 11.7 Å². The van der Waals surface area contributed by atoms with Crippen LogP contribution in [-0.2, 0) is 6.42 Å². The molecule has 20 heavy (non-hydrogen) atoms. The van der Waals surface area contributed by atoms with Gasteiger partial charge >= 0.3 is 0 Å². The third-order valence-corrected chi connectivity index (χ3v) is 4.49. The quantitative estimate of drug-likeness (QED) is 0.703. The minimum atomic E-state index is -0.131. The molecule has 0 heterocycles. The van der Waals surface area contributed by atoms with Gasteiger partial charge in [-0.2, -0.15) is 0 Å². The minimum absolute atomic E-state index is 0.131. The zero-order chi connectivity index (χ0) is 14.7. The zero-order valence-electron chi connectivity index (χ0n) is 11.7. The lowest BCUT2D eigenvalue weighted by atomic mass is 9.96. The number of hydrogen-bond acceptors (Lipinski definition) is 1. The smallest absolute Gasteiger partial charge is 0.0562 e. The summed E-state index contributed by atoms with van der Waals surface area (Å²) >= 11 is 8.38. The lowest BCUT2D eigenvalue weighted by Gasteiger charge is -2.15. The van der Waals surface area contributed by atoms with E-state index in [1.54, 1.807) is 0 Å². The molecule has 1 unspecified atom stereocenters. The molecular formula is C17H19ClIN. The van der Waals surface area contributed by atoms with Crippen LogP contribution in [0.3, 0.4) is 0 Å². The van der Waals surface area contributed by atoms with E-state index in [0.29, 0.717) is 5.92 Å². The molecule has 2 N–H and O–H groups in total. The Morgan fingerprint density at radius 3 is 2.35 bits per heavy atom. The summed E-state index contributed by atoms with van der Waals surface area (Å²) < 4.78 is 1.14. The molecule has 0 saturated heterocycles. The summed E-state index contributed by atoms with van der Waals surface area (Å²) in [5.41, 5.74) is 9.93. The molecular weight excluding hydrogens is 381 g/mol. The van der Waals surface area contributed by atoms with Crippen LogP contribution in [0.25, 0.3) is 0 Å². The van der Waals surface area contributed by atoms with Crippen molar-refractivity contribution in [1.29, 1.82) is 0 Å². The first-order valence-electron chi connectivity index (χ1n) is 6.76. The molecule has 0 spiro atoms. The van der Waals surface area contributed by atoms with E-state index in [0.717, 1.165) is 26.1 Å². The van der Waals surface area contributed by atoms with Crippen LogP contribution in [0.5, 0.6) is 0 Å². The van der Waals surface area contributed by atoms with Crippen molar-refractivity contribution in [2.45, 2.75) is 26.3 Å². The molecule has 0 bridgehead atoms. The van der Waals surface area contributed by atoms with Gasteiger partial charge in [-0.05, 0) is 69.8 Å². The van der Waals surface area contributed by atoms with Gasteiger partial charge in [0.25, 0.3) is 0 Å². The Labute approximate surface area is 139 Å². The molecule has 1 atom stereocenters. The van der Waals surface area contributed by atoms with E-state index in [1.807, 2.05) is 18.2 Å². The second kappa shape index (κ2) is 6.92. The van der Waals surface area contributed by atoms with Crippen LogP contribution in [0.1, 0.15) is 36.6 Å². The second-order valence-electron chi connectivity index (χ2n) is 5.48. The highest BCUT2D eigenvalue weighted by molar-refractivity contribution is 14.1. The number of halogens is 2. The fourth-order valence-corrected chi connectivity index (χ4v) is 3.12. The maximum absolute atomic E-state index is 6.37. The molecule has 1 nitrogen and oxygen atoms in total. The van der Waals surface area contributed by atoms with Gasteiger partial charge in [-0.3, -0.25) is 0 Å². The maximum atomic E-state index is 6.37. The summed E-state index contributed by atoms with van der Waals surface area (Å²) in [7, 11) is 0. The van der Waals surface area contributed by atoms with E-state index in [-0.39, 0.29) is 6.04 Å². The van der Waals surface area contributed by atoms with Crippen LogP contribution in [0, 0.1) is 9.49 Å². The van der Waals surface area contributed by atoms with E-state index in [9.17, 15) is 0 Å². The van der Waals surface area contributed by atoms with Gasteiger partial charge in [-0.25, -0.2) is 0 Å². The van der Waals surface area contributed by atoms with E-state index < -0.39 is 0 Å². The average molecular weight is 400 g/mol. The molecule has 0 aliphatic rings. The predicted molar refractivity (Wildman–Crippen MR) is 95.2 cm³/mol. The Balaban J connectivity index is 2.24. The summed E-state index contributed by atoms with van der Waals surface area (Å²) in [6.45, 7) is 4.46. The van der Waals surface area contributed by atoms with Gasteiger partial charge in [-0.15, -0.1) is 0 Å². The van der Waals surface area contributed by atoms with Crippen molar-refractivity contribution in [2.75, 3.05) is 0 Å². The Morgan fingerprint density at radius 2 is 1.75 bits per heavy atom. The fourth-order valence-electron chi connectivity index (χ4n) is 2.26. The first kappa shape index (κ1) is 15.8. The summed E-state index contributed by atoms with van der Waals surface area (Å²) in [4.78, 5) is 0. The lowest BCUT2D eigenvalue weighted by molar-refractivity contribution is 0.647. The molecule has 2 aromatic rings. The largest absolute Gasteiger partial charge is 0.320 e. The average Bonchev–Trinajstić information content (AvgIpc) is 2.41. The number of hydrogen-bond donors (Lipinski definition) is 1. The van der Waals surface area contributed by atoms with Gasteiger partial charge in [-0.1, -0.05) is 49.7 Å². The first-order valence-corrected chi connectivity index (χ1v) is 8.22. The first-order chi connectivity index (χ1) is 9.47. The van der Waals surface area contributed by atoms with Crippen molar-refractivity contribution >= 4 is 34.2 Å². The lowest BCUT2D eigenvalue weighted by Crippen LogP contribution is -2.13. The molecule has 0 amide bonds. The molecule has 0 saturated carbocycles. The molecule has 0 aliphatic heterocycles. The Kier molecular flexibility index (Phi) is 5.47. The zero-order valence-corrected chi connectivity index (χ0v) is 14.6. The fraction of sp³-hybridized carbons (Fsp3) is 0.294. The van der Waals surface area contributed by atoms with Crippen molar-refractivity contribution in [1.82, 2.24) is 0 Å². The highest BCUT2D eigenvalue weighted by atomic mass is 127. The van der Waals surface area contributed by atoms with Gasteiger partial charge in [0, 0.05) is 8.59 Å². The standard InChI is InChI=1S/C17H19ClIN/c1-11(2)9-12-3-5-13(6-4-12)17(20)15-10-14(18)7-8-16(15)19/h3-8,10-11,17H,9,20H2,1-2H3.